The van der Waals surface area contributed by atoms with Gasteiger partial charge in [0.15, 0.2) is 5.13 Å². The molecule has 3 nitrogen and oxygen atoms in total. The fourth-order valence-corrected chi connectivity index (χ4v) is 3.95. The Bertz CT molecular complexity index is 620. The molecule has 1 aliphatic heterocycles. The average Bonchev–Trinajstić information content (AvgIpc) is 2.98. The predicted octanol–water partition coefficient (Wildman–Crippen LogP) is 3.68. The Morgan fingerprint density at radius 3 is 2.81 bits per heavy atom. The summed E-state index contributed by atoms with van der Waals surface area (Å²) >= 11 is 1.77. The topological polar surface area (TPSA) is 42.2 Å². The SMILES string of the molecule is CCC(C)c1nc(N2CCc3ccccc3C2)sc1CN. The maximum absolute atomic E-state index is 5.91. The van der Waals surface area contributed by atoms with E-state index < -0.39 is 0 Å². The summed E-state index contributed by atoms with van der Waals surface area (Å²) in [6, 6.07) is 8.73. The second-order valence-corrected chi connectivity index (χ2v) is 6.82. The van der Waals surface area contributed by atoms with Crippen molar-refractivity contribution in [2.75, 3.05) is 11.4 Å². The number of hydrogen-bond acceptors (Lipinski definition) is 4. The predicted molar refractivity (Wildman–Crippen MR) is 89.9 cm³/mol. The van der Waals surface area contributed by atoms with E-state index in [-0.39, 0.29) is 0 Å². The highest BCUT2D eigenvalue weighted by molar-refractivity contribution is 7.15. The molecular weight excluding hydrogens is 278 g/mol. The Labute approximate surface area is 130 Å². The van der Waals surface area contributed by atoms with Crippen LogP contribution in [0, 0.1) is 0 Å². The first-order valence-corrected chi connectivity index (χ1v) is 8.56. The number of nitrogens with zero attached hydrogens (tertiary/aromatic N) is 2. The van der Waals surface area contributed by atoms with Gasteiger partial charge in [-0.2, -0.15) is 0 Å². The summed E-state index contributed by atoms with van der Waals surface area (Å²) in [5, 5.41) is 1.14. The number of thiazole rings is 1. The fourth-order valence-electron chi connectivity index (χ4n) is 2.87. The molecule has 0 spiro atoms. The van der Waals surface area contributed by atoms with Gasteiger partial charge in [0, 0.05) is 24.5 Å². The third-order valence-electron chi connectivity index (χ3n) is 4.38. The minimum absolute atomic E-state index is 0.491. The summed E-state index contributed by atoms with van der Waals surface area (Å²) in [6.07, 6.45) is 2.21. The lowest BCUT2D eigenvalue weighted by molar-refractivity contribution is 0.691. The molecule has 4 heteroatoms. The fraction of sp³-hybridized carbons (Fsp3) is 0.471. The van der Waals surface area contributed by atoms with E-state index in [2.05, 4.69) is 43.0 Å². The molecule has 1 aliphatic rings. The van der Waals surface area contributed by atoms with Crippen molar-refractivity contribution in [2.45, 2.75) is 45.7 Å². The highest BCUT2D eigenvalue weighted by atomic mass is 32.1. The number of rotatable bonds is 4. The highest BCUT2D eigenvalue weighted by Crippen LogP contribution is 2.34. The van der Waals surface area contributed by atoms with Crippen LogP contribution in [-0.4, -0.2) is 11.5 Å². The minimum Gasteiger partial charge on any atom is -0.343 e. The summed E-state index contributed by atoms with van der Waals surface area (Å²) in [4.78, 5) is 8.56. The Balaban J connectivity index is 1.87. The molecule has 21 heavy (non-hydrogen) atoms. The zero-order chi connectivity index (χ0) is 14.8. The van der Waals surface area contributed by atoms with E-state index in [1.165, 1.54) is 21.7 Å². The van der Waals surface area contributed by atoms with Crippen molar-refractivity contribution >= 4 is 16.5 Å². The third-order valence-corrected chi connectivity index (χ3v) is 5.54. The van der Waals surface area contributed by atoms with Gasteiger partial charge in [-0.05, 0) is 29.9 Å². The molecule has 1 aromatic heterocycles. The van der Waals surface area contributed by atoms with Crippen LogP contribution in [0.25, 0.3) is 0 Å². The van der Waals surface area contributed by atoms with Crippen molar-refractivity contribution in [1.29, 1.82) is 0 Å². The Kier molecular flexibility index (Phi) is 4.27. The van der Waals surface area contributed by atoms with Crippen molar-refractivity contribution in [3.8, 4) is 0 Å². The van der Waals surface area contributed by atoms with Crippen LogP contribution in [0.2, 0.25) is 0 Å². The van der Waals surface area contributed by atoms with E-state index in [0.717, 1.165) is 31.1 Å². The molecule has 2 N–H and O–H groups in total. The van der Waals surface area contributed by atoms with Gasteiger partial charge < -0.3 is 10.6 Å². The number of anilines is 1. The maximum atomic E-state index is 5.91. The van der Waals surface area contributed by atoms with Gasteiger partial charge in [-0.3, -0.25) is 0 Å². The second kappa shape index (κ2) is 6.16. The normalized spacial score (nSPS) is 15.9. The van der Waals surface area contributed by atoms with Crippen molar-refractivity contribution in [3.05, 3.63) is 46.0 Å². The Hall–Kier alpha value is -1.39. The van der Waals surface area contributed by atoms with Gasteiger partial charge in [-0.15, -0.1) is 11.3 Å². The van der Waals surface area contributed by atoms with Crippen LogP contribution in [0.3, 0.4) is 0 Å². The number of hydrogen-bond donors (Lipinski definition) is 1. The first kappa shape index (κ1) is 14.5. The van der Waals surface area contributed by atoms with Crippen molar-refractivity contribution in [3.63, 3.8) is 0 Å². The van der Waals surface area contributed by atoms with Gasteiger partial charge in [0.2, 0.25) is 0 Å². The number of nitrogens with two attached hydrogens (primary N) is 1. The van der Waals surface area contributed by atoms with Gasteiger partial charge in [0.1, 0.15) is 0 Å². The molecule has 3 rings (SSSR count). The second-order valence-electron chi connectivity index (χ2n) is 5.76. The number of aromatic nitrogens is 1. The van der Waals surface area contributed by atoms with Crippen LogP contribution in [0.15, 0.2) is 24.3 Å². The van der Waals surface area contributed by atoms with Gasteiger partial charge in [0.05, 0.1) is 5.69 Å². The summed E-state index contributed by atoms with van der Waals surface area (Å²) in [7, 11) is 0. The monoisotopic (exact) mass is 301 g/mol. The van der Waals surface area contributed by atoms with Gasteiger partial charge in [0.25, 0.3) is 0 Å². The van der Waals surface area contributed by atoms with Crippen LogP contribution in [0.4, 0.5) is 5.13 Å². The molecule has 0 fully saturated rings. The van der Waals surface area contributed by atoms with Gasteiger partial charge in [-0.1, -0.05) is 38.1 Å². The highest BCUT2D eigenvalue weighted by Gasteiger charge is 2.22. The summed E-state index contributed by atoms with van der Waals surface area (Å²) < 4.78 is 0. The van der Waals surface area contributed by atoms with E-state index in [1.54, 1.807) is 11.3 Å². The molecule has 112 valence electrons. The van der Waals surface area contributed by atoms with Crippen LogP contribution in [0.1, 0.15) is 47.9 Å². The zero-order valence-corrected chi connectivity index (χ0v) is 13.6. The summed E-state index contributed by atoms with van der Waals surface area (Å²) in [5.74, 6) is 0.491. The number of fused-ring (bicyclic) bond motifs is 1. The van der Waals surface area contributed by atoms with Crippen LogP contribution in [-0.2, 0) is 19.5 Å². The molecule has 0 aliphatic carbocycles. The van der Waals surface area contributed by atoms with Crippen LogP contribution >= 0.6 is 11.3 Å². The van der Waals surface area contributed by atoms with Crippen LogP contribution in [0.5, 0.6) is 0 Å². The Morgan fingerprint density at radius 1 is 1.33 bits per heavy atom. The summed E-state index contributed by atoms with van der Waals surface area (Å²) in [6.45, 7) is 7.06. The molecule has 1 aromatic carbocycles. The van der Waals surface area contributed by atoms with E-state index in [9.17, 15) is 0 Å². The van der Waals surface area contributed by atoms with Crippen LogP contribution < -0.4 is 10.6 Å². The minimum atomic E-state index is 0.491. The maximum Gasteiger partial charge on any atom is 0.186 e. The molecular formula is C17H23N3S. The van der Waals surface area contributed by atoms with Crippen molar-refractivity contribution in [2.24, 2.45) is 5.73 Å². The van der Waals surface area contributed by atoms with E-state index in [1.807, 2.05) is 0 Å². The molecule has 0 saturated carbocycles. The van der Waals surface area contributed by atoms with E-state index in [0.29, 0.717) is 12.5 Å². The molecule has 2 heterocycles. The zero-order valence-electron chi connectivity index (χ0n) is 12.8. The lowest BCUT2D eigenvalue weighted by Crippen LogP contribution is -2.30. The quantitative estimate of drug-likeness (QED) is 0.936. The molecule has 1 unspecified atom stereocenters. The Morgan fingerprint density at radius 2 is 2.10 bits per heavy atom. The van der Waals surface area contributed by atoms with Crippen molar-refractivity contribution in [1.82, 2.24) is 4.98 Å². The van der Waals surface area contributed by atoms with Gasteiger partial charge >= 0.3 is 0 Å². The lowest BCUT2D eigenvalue weighted by atomic mass is 10.0. The van der Waals surface area contributed by atoms with E-state index in [4.69, 9.17) is 10.7 Å². The smallest absolute Gasteiger partial charge is 0.186 e. The van der Waals surface area contributed by atoms with Gasteiger partial charge in [-0.25, -0.2) is 4.98 Å². The molecule has 2 aromatic rings. The largest absolute Gasteiger partial charge is 0.343 e. The number of benzene rings is 1. The summed E-state index contributed by atoms with van der Waals surface area (Å²) in [5.41, 5.74) is 10.0. The molecule has 0 radical (unpaired) electrons. The molecule has 1 atom stereocenters. The first-order chi connectivity index (χ1) is 10.2. The first-order valence-electron chi connectivity index (χ1n) is 7.74. The average molecular weight is 301 g/mol. The molecule has 0 amide bonds. The molecule has 0 saturated heterocycles. The standard InChI is InChI=1S/C17H23N3S/c1-3-12(2)16-15(10-18)21-17(19-16)20-9-8-13-6-4-5-7-14(13)11-20/h4-7,12H,3,8-11,18H2,1-2H3. The van der Waals surface area contributed by atoms with E-state index >= 15 is 0 Å². The van der Waals surface area contributed by atoms with Crippen molar-refractivity contribution < 1.29 is 0 Å². The lowest BCUT2D eigenvalue weighted by Gasteiger charge is -2.28. The molecule has 0 bridgehead atoms. The third kappa shape index (κ3) is 2.83.